The molecular weight excluding hydrogens is 333 g/mol. The molecule has 0 fully saturated rings. The van der Waals surface area contributed by atoms with E-state index in [9.17, 15) is 12.8 Å². The quantitative estimate of drug-likeness (QED) is 0.825. The van der Waals surface area contributed by atoms with Gasteiger partial charge in [0.05, 0.1) is 24.8 Å². The summed E-state index contributed by atoms with van der Waals surface area (Å²) in [7, 11) is -2.02. The third kappa shape index (κ3) is 4.48. The number of ether oxygens (including phenoxy) is 1. The summed E-state index contributed by atoms with van der Waals surface area (Å²) in [4.78, 5) is 7.72. The van der Waals surface area contributed by atoms with Gasteiger partial charge >= 0.3 is 0 Å². The molecule has 130 valence electrons. The van der Waals surface area contributed by atoms with Crippen LogP contribution in [0.25, 0.3) is 0 Å². The number of sulfonamides is 1. The van der Waals surface area contributed by atoms with Gasteiger partial charge in [-0.15, -0.1) is 0 Å². The summed E-state index contributed by atoms with van der Waals surface area (Å²) < 4.78 is 45.4. The Kier molecular flexibility index (Phi) is 5.84. The lowest BCUT2D eigenvalue weighted by Crippen LogP contribution is -2.35. The van der Waals surface area contributed by atoms with Gasteiger partial charge in [-0.2, -0.15) is 0 Å². The second kappa shape index (κ2) is 7.67. The molecule has 0 amide bonds. The highest BCUT2D eigenvalue weighted by atomic mass is 32.2. The molecule has 2 aromatic rings. The van der Waals surface area contributed by atoms with E-state index >= 15 is 0 Å². The zero-order valence-corrected chi connectivity index (χ0v) is 14.5. The summed E-state index contributed by atoms with van der Waals surface area (Å²) in [5.74, 6) is -0.0335. The third-order valence-electron chi connectivity index (χ3n) is 3.88. The highest BCUT2D eigenvalue weighted by molar-refractivity contribution is 7.90. The molecule has 0 aliphatic carbocycles. The fraction of sp³-hybridized carbons (Fsp3) is 0.375. The van der Waals surface area contributed by atoms with E-state index in [1.165, 1.54) is 0 Å². The van der Waals surface area contributed by atoms with Gasteiger partial charge in [0.1, 0.15) is 11.6 Å². The molecule has 0 radical (unpaired) electrons. The molecule has 8 heteroatoms. The molecule has 6 nitrogen and oxygen atoms in total. The van der Waals surface area contributed by atoms with Gasteiger partial charge in [0, 0.05) is 12.5 Å². The number of methoxy groups -OCH3 is 1. The SMILES string of the molecule is COc1ccc(CNS(=O)(=O)[C@H](C)[C@@H](C)c2ncc(F)cn2)cc1. The lowest BCUT2D eigenvalue weighted by molar-refractivity contribution is 0.414. The number of nitrogens with zero attached hydrogens (tertiary/aromatic N) is 2. The molecule has 1 aromatic heterocycles. The Bertz CT molecular complexity index is 764. The van der Waals surface area contributed by atoms with Crippen molar-refractivity contribution in [3.63, 3.8) is 0 Å². The van der Waals surface area contributed by atoms with Crippen LogP contribution in [0.1, 0.15) is 31.2 Å². The Hall–Kier alpha value is -2.06. The van der Waals surface area contributed by atoms with Crippen LogP contribution in [-0.4, -0.2) is 30.7 Å². The maximum atomic E-state index is 12.9. The summed E-state index contributed by atoms with van der Waals surface area (Å²) in [5.41, 5.74) is 0.817. The molecule has 0 saturated carbocycles. The fourth-order valence-corrected chi connectivity index (χ4v) is 3.38. The van der Waals surface area contributed by atoms with E-state index in [1.807, 2.05) is 0 Å². The molecule has 0 saturated heterocycles. The largest absolute Gasteiger partial charge is 0.497 e. The highest BCUT2D eigenvalue weighted by Crippen LogP contribution is 2.21. The molecule has 0 aliphatic rings. The minimum Gasteiger partial charge on any atom is -0.497 e. The van der Waals surface area contributed by atoms with Gasteiger partial charge in [-0.1, -0.05) is 19.1 Å². The Morgan fingerprint density at radius 2 is 1.75 bits per heavy atom. The average Bonchev–Trinajstić information content (AvgIpc) is 2.60. The first kappa shape index (κ1) is 18.3. The Balaban J connectivity index is 2.03. The van der Waals surface area contributed by atoms with Crippen LogP contribution in [0.3, 0.4) is 0 Å². The molecular formula is C16H20FN3O3S. The van der Waals surface area contributed by atoms with Crippen LogP contribution in [0, 0.1) is 5.82 Å². The number of hydrogen-bond donors (Lipinski definition) is 1. The molecule has 1 N–H and O–H groups in total. The van der Waals surface area contributed by atoms with Crippen molar-refractivity contribution >= 4 is 10.0 Å². The molecule has 2 atom stereocenters. The van der Waals surface area contributed by atoms with E-state index in [0.717, 1.165) is 18.0 Å². The Morgan fingerprint density at radius 3 is 2.29 bits per heavy atom. The Morgan fingerprint density at radius 1 is 1.17 bits per heavy atom. The summed E-state index contributed by atoms with van der Waals surface area (Å²) in [6.45, 7) is 3.45. The molecule has 1 heterocycles. The molecule has 0 bridgehead atoms. The monoisotopic (exact) mass is 353 g/mol. The van der Waals surface area contributed by atoms with Gasteiger partial charge in [0.25, 0.3) is 0 Å². The van der Waals surface area contributed by atoms with Crippen LogP contribution in [0.4, 0.5) is 4.39 Å². The number of benzene rings is 1. The molecule has 0 spiro atoms. The van der Waals surface area contributed by atoms with Crippen molar-refractivity contribution in [2.45, 2.75) is 31.6 Å². The topological polar surface area (TPSA) is 81.2 Å². The second-order valence-corrected chi connectivity index (χ2v) is 7.59. The van der Waals surface area contributed by atoms with Crippen LogP contribution >= 0.6 is 0 Å². The predicted octanol–water partition coefficient (Wildman–Crippen LogP) is 2.24. The van der Waals surface area contributed by atoms with Crippen molar-refractivity contribution < 1.29 is 17.5 Å². The van der Waals surface area contributed by atoms with E-state index in [2.05, 4.69) is 14.7 Å². The van der Waals surface area contributed by atoms with Crippen LogP contribution in [0.2, 0.25) is 0 Å². The standard InChI is InChI=1S/C16H20FN3O3S/c1-11(16-18-9-14(17)10-19-16)12(2)24(21,22)20-8-13-4-6-15(23-3)7-5-13/h4-7,9-12,20H,8H2,1-3H3/t11-,12-/m1/s1. The third-order valence-corrected chi connectivity index (χ3v) is 5.81. The van der Waals surface area contributed by atoms with Crippen molar-refractivity contribution in [3.05, 3.63) is 53.9 Å². The van der Waals surface area contributed by atoms with Crippen molar-refractivity contribution in [1.82, 2.24) is 14.7 Å². The van der Waals surface area contributed by atoms with Crippen molar-refractivity contribution in [1.29, 1.82) is 0 Å². The summed E-state index contributed by atoms with van der Waals surface area (Å²) in [5, 5.41) is -0.763. The number of hydrogen-bond acceptors (Lipinski definition) is 5. The van der Waals surface area contributed by atoms with Crippen molar-refractivity contribution in [2.24, 2.45) is 0 Å². The van der Waals surface area contributed by atoms with E-state index in [-0.39, 0.29) is 6.54 Å². The summed E-state index contributed by atoms with van der Waals surface area (Å²) in [6.07, 6.45) is 2.06. The smallest absolute Gasteiger partial charge is 0.215 e. The first-order chi connectivity index (χ1) is 11.3. The normalized spacial score (nSPS) is 14.2. The maximum Gasteiger partial charge on any atom is 0.215 e. The first-order valence-corrected chi connectivity index (χ1v) is 8.97. The summed E-state index contributed by atoms with van der Waals surface area (Å²) in [6, 6.07) is 7.11. The lowest BCUT2D eigenvalue weighted by Gasteiger charge is -2.19. The average molecular weight is 353 g/mol. The molecule has 24 heavy (non-hydrogen) atoms. The molecule has 1 aromatic carbocycles. The van der Waals surface area contributed by atoms with Gasteiger partial charge in [-0.3, -0.25) is 0 Å². The Labute approximate surface area is 141 Å². The van der Waals surface area contributed by atoms with Crippen molar-refractivity contribution in [3.8, 4) is 5.75 Å². The second-order valence-electron chi connectivity index (χ2n) is 5.47. The van der Waals surface area contributed by atoms with E-state index in [0.29, 0.717) is 11.6 Å². The van der Waals surface area contributed by atoms with E-state index < -0.39 is 27.0 Å². The molecule has 2 rings (SSSR count). The fourth-order valence-electron chi connectivity index (χ4n) is 2.09. The maximum absolute atomic E-state index is 12.9. The van der Waals surface area contributed by atoms with E-state index in [1.54, 1.807) is 45.2 Å². The number of aromatic nitrogens is 2. The zero-order chi connectivity index (χ0) is 17.7. The van der Waals surface area contributed by atoms with Gasteiger partial charge in [0.2, 0.25) is 10.0 Å². The van der Waals surface area contributed by atoms with Crippen molar-refractivity contribution in [2.75, 3.05) is 7.11 Å². The van der Waals surface area contributed by atoms with Gasteiger partial charge in [-0.05, 0) is 24.6 Å². The van der Waals surface area contributed by atoms with Crippen LogP contribution in [-0.2, 0) is 16.6 Å². The summed E-state index contributed by atoms with van der Waals surface area (Å²) >= 11 is 0. The lowest BCUT2D eigenvalue weighted by atomic mass is 10.1. The predicted molar refractivity (Wildman–Crippen MR) is 88.6 cm³/mol. The van der Waals surface area contributed by atoms with Crippen LogP contribution < -0.4 is 9.46 Å². The number of rotatable bonds is 7. The molecule has 0 unspecified atom stereocenters. The highest BCUT2D eigenvalue weighted by Gasteiger charge is 2.29. The van der Waals surface area contributed by atoms with Gasteiger partial charge in [0.15, 0.2) is 5.82 Å². The minimum absolute atomic E-state index is 0.174. The molecule has 0 aliphatic heterocycles. The minimum atomic E-state index is -3.59. The first-order valence-electron chi connectivity index (χ1n) is 7.42. The zero-order valence-electron chi connectivity index (χ0n) is 13.7. The van der Waals surface area contributed by atoms with E-state index in [4.69, 9.17) is 4.74 Å². The van der Waals surface area contributed by atoms with Crippen LogP contribution in [0.5, 0.6) is 5.75 Å². The number of halogens is 1. The van der Waals surface area contributed by atoms with Gasteiger partial charge in [-0.25, -0.2) is 27.5 Å². The number of nitrogens with one attached hydrogen (secondary N) is 1. The van der Waals surface area contributed by atoms with Crippen LogP contribution in [0.15, 0.2) is 36.7 Å². The van der Waals surface area contributed by atoms with Gasteiger partial charge < -0.3 is 4.74 Å².